The molecule has 3 nitrogen and oxygen atoms in total. The molecule has 100 valence electrons. The lowest BCUT2D eigenvalue weighted by molar-refractivity contribution is 0.148. The molecule has 0 radical (unpaired) electrons. The minimum atomic E-state index is 0.987. The molecule has 0 unspecified atom stereocenters. The Balaban J connectivity index is 1.95. The molecule has 0 saturated carbocycles. The van der Waals surface area contributed by atoms with E-state index in [2.05, 4.69) is 53.4 Å². The van der Waals surface area contributed by atoms with E-state index in [-0.39, 0.29) is 0 Å². The first-order valence-corrected chi connectivity index (χ1v) is 6.98. The van der Waals surface area contributed by atoms with Crippen LogP contribution in [-0.2, 0) is 13.1 Å². The summed E-state index contributed by atoms with van der Waals surface area (Å²) < 4.78 is 0. The number of nitrogens with one attached hydrogen (secondary N) is 1. The maximum absolute atomic E-state index is 3.42. The van der Waals surface area contributed by atoms with Gasteiger partial charge in [-0.2, -0.15) is 0 Å². The van der Waals surface area contributed by atoms with Crippen molar-refractivity contribution in [1.29, 1.82) is 0 Å². The number of benzene rings is 1. The third-order valence-corrected chi connectivity index (χ3v) is 3.67. The van der Waals surface area contributed by atoms with E-state index in [9.17, 15) is 0 Å². The van der Waals surface area contributed by atoms with E-state index in [4.69, 9.17) is 0 Å². The van der Waals surface area contributed by atoms with Gasteiger partial charge in [-0.25, -0.2) is 0 Å². The summed E-state index contributed by atoms with van der Waals surface area (Å²) >= 11 is 0. The molecule has 1 saturated heterocycles. The third-order valence-electron chi connectivity index (χ3n) is 3.67. The zero-order chi connectivity index (χ0) is 12.8. The highest BCUT2D eigenvalue weighted by Crippen LogP contribution is 2.13. The van der Waals surface area contributed by atoms with Crippen LogP contribution in [0.1, 0.15) is 18.1 Å². The maximum atomic E-state index is 3.42. The van der Waals surface area contributed by atoms with Crippen LogP contribution in [0.4, 0.5) is 0 Å². The van der Waals surface area contributed by atoms with Gasteiger partial charge in [-0.15, -0.1) is 0 Å². The Hall–Kier alpha value is -0.900. The molecule has 0 aromatic heterocycles. The van der Waals surface area contributed by atoms with E-state index in [0.29, 0.717) is 0 Å². The van der Waals surface area contributed by atoms with Gasteiger partial charge in [0.15, 0.2) is 0 Å². The van der Waals surface area contributed by atoms with Crippen LogP contribution in [0, 0.1) is 0 Å². The number of rotatable bonds is 5. The van der Waals surface area contributed by atoms with Crippen LogP contribution < -0.4 is 5.32 Å². The van der Waals surface area contributed by atoms with Crippen LogP contribution in [0.3, 0.4) is 0 Å². The van der Waals surface area contributed by atoms with Crippen LogP contribution >= 0.6 is 0 Å². The van der Waals surface area contributed by atoms with E-state index < -0.39 is 0 Å². The average molecular weight is 247 g/mol. The third kappa shape index (κ3) is 3.80. The van der Waals surface area contributed by atoms with Crippen molar-refractivity contribution in [2.75, 3.05) is 39.8 Å². The highest BCUT2D eigenvalue weighted by Gasteiger charge is 2.14. The van der Waals surface area contributed by atoms with Crippen molar-refractivity contribution in [2.24, 2.45) is 0 Å². The van der Waals surface area contributed by atoms with E-state index in [1.807, 2.05) is 0 Å². The average Bonchev–Trinajstić information content (AvgIpc) is 2.40. The molecule has 3 heteroatoms. The second kappa shape index (κ2) is 6.88. The van der Waals surface area contributed by atoms with Crippen molar-refractivity contribution in [3.05, 3.63) is 35.4 Å². The molecule has 1 aromatic carbocycles. The first kappa shape index (κ1) is 13.5. The zero-order valence-electron chi connectivity index (χ0n) is 11.7. The minimum absolute atomic E-state index is 0.987. The molecule has 0 aliphatic carbocycles. The Morgan fingerprint density at radius 3 is 2.39 bits per heavy atom. The predicted molar refractivity (Wildman–Crippen MR) is 76.6 cm³/mol. The maximum Gasteiger partial charge on any atom is 0.0238 e. The molecule has 1 heterocycles. The quantitative estimate of drug-likeness (QED) is 0.851. The summed E-state index contributed by atoms with van der Waals surface area (Å²) in [6.07, 6.45) is 0. The first-order valence-electron chi connectivity index (χ1n) is 6.98. The lowest BCUT2D eigenvalue weighted by Gasteiger charge is -2.32. The molecule has 0 bridgehead atoms. The Morgan fingerprint density at radius 1 is 1.06 bits per heavy atom. The molecular formula is C15H25N3. The molecular weight excluding hydrogens is 222 g/mol. The molecule has 18 heavy (non-hydrogen) atoms. The standard InChI is InChI=1S/C15H25N3/c1-3-16-12-14-6-4-5-7-15(14)13-18-10-8-17(2)9-11-18/h4-7,16H,3,8-13H2,1-2H3. The van der Waals surface area contributed by atoms with Gasteiger partial charge in [0, 0.05) is 39.3 Å². The van der Waals surface area contributed by atoms with E-state index in [0.717, 1.165) is 19.6 Å². The van der Waals surface area contributed by atoms with Crippen LogP contribution in [0.2, 0.25) is 0 Å². The van der Waals surface area contributed by atoms with Crippen LogP contribution in [0.5, 0.6) is 0 Å². The molecule has 1 aromatic rings. The van der Waals surface area contributed by atoms with Crippen molar-refractivity contribution in [3.63, 3.8) is 0 Å². The van der Waals surface area contributed by atoms with Crippen molar-refractivity contribution in [3.8, 4) is 0 Å². The monoisotopic (exact) mass is 247 g/mol. The highest BCUT2D eigenvalue weighted by atomic mass is 15.2. The normalized spacial score (nSPS) is 18.1. The molecule has 1 aliphatic heterocycles. The van der Waals surface area contributed by atoms with E-state index in [1.165, 1.54) is 37.3 Å². The fourth-order valence-corrected chi connectivity index (χ4v) is 2.39. The topological polar surface area (TPSA) is 18.5 Å². The van der Waals surface area contributed by atoms with Gasteiger partial charge in [-0.1, -0.05) is 31.2 Å². The summed E-state index contributed by atoms with van der Waals surface area (Å²) in [6, 6.07) is 8.81. The molecule has 1 fully saturated rings. The minimum Gasteiger partial charge on any atom is -0.313 e. The Bertz CT molecular complexity index is 357. The first-order chi connectivity index (χ1) is 8.79. The molecule has 2 rings (SSSR count). The largest absolute Gasteiger partial charge is 0.313 e. The van der Waals surface area contributed by atoms with Crippen molar-refractivity contribution < 1.29 is 0 Å². The molecule has 1 N–H and O–H groups in total. The number of hydrogen-bond acceptors (Lipinski definition) is 3. The van der Waals surface area contributed by atoms with E-state index >= 15 is 0 Å². The molecule has 0 atom stereocenters. The number of piperazine rings is 1. The van der Waals surface area contributed by atoms with Gasteiger partial charge in [-0.3, -0.25) is 4.90 Å². The van der Waals surface area contributed by atoms with Crippen LogP contribution in [-0.4, -0.2) is 49.6 Å². The second-order valence-electron chi connectivity index (χ2n) is 5.13. The van der Waals surface area contributed by atoms with Gasteiger partial charge in [0.05, 0.1) is 0 Å². The molecule has 0 spiro atoms. The fourth-order valence-electron chi connectivity index (χ4n) is 2.39. The lowest BCUT2D eigenvalue weighted by Crippen LogP contribution is -2.44. The summed E-state index contributed by atoms with van der Waals surface area (Å²) in [5.41, 5.74) is 2.92. The van der Waals surface area contributed by atoms with Gasteiger partial charge < -0.3 is 10.2 Å². The second-order valence-corrected chi connectivity index (χ2v) is 5.13. The number of likely N-dealkylation sites (N-methyl/N-ethyl adjacent to an activating group) is 1. The Morgan fingerprint density at radius 2 is 1.72 bits per heavy atom. The van der Waals surface area contributed by atoms with Gasteiger partial charge in [0.25, 0.3) is 0 Å². The van der Waals surface area contributed by atoms with E-state index in [1.54, 1.807) is 0 Å². The highest BCUT2D eigenvalue weighted by molar-refractivity contribution is 5.27. The van der Waals surface area contributed by atoms with Gasteiger partial charge in [-0.05, 0) is 24.7 Å². The smallest absolute Gasteiger partial charge is 0.0238 e. The fraction of sp³-hybridized carbons (Fsp3) is 0.600. The number of nitrogens with zero attached hydrogens (tertiary/aromatic N) is 2. The van der Waals surface area contributed by atoms with Crippen molar-refractivity contribution in [2.45, 2.75) is 20.0 Å². The summed E-state index contributed by atoms with van der Waals surface area (Å²) in [5.74, 6) is 0. The van der Waals surface area contributed by atoms with Gasteiger partial charge in [0.2, 0.25) is 0 Å². The zero-order valence-corrected chi connectivity index (χ0v) is 11.7. The number of hydrogen-bond donors (Lipinski definition) is 1. The predicted octanol–water partition coefficient (Wildman–Crippen LogP) is 1.54. The van der Waals surface area contributed by atoms with Crippen molar-refractivity contribution in [1.82, 2.24) is 15.1 Å². The summed E-state index contributed by atoms with van der Waals surface area (Å²) in [7, 11) is 2.20. The SMILES string of the molecule is CCNCc1ccccc1CN1CCN(C)CC1. The van der Waals surface area contributed by atoms with Crippen molar-refractivity contribution >= 4 is 0 Å². The van der Waals surface area contributed by atoms with Crippen LogP contribution in [0.15, 0.2) is 24.3 Å². The lowest BCUT2D eigenvalue weighted by atomic mass is 10.1. The van der Waals surface area contributed by atoms with Gasteiger partial charge >= 0.3 is 0 Å². The molecule has 1 aliphatic rings. The molecule has 0 amide bonds. The van der Waals surface area contributed by atoms with Crippen LogP contribution in [0.25, 0.3) is 0 Å². The summed E-state index contributed by atoms with van der Waals surface area (Å²) in [6.45, 7) is 10.0. The Labute approximate surface area is 111 Å². The summed E-state index contributed by atoms with van der Waals surface area (Å²) in [4.78, 5) is 4.96. The summed E-state index contributed by atoms with van der Waals surface area (Å²) in [5, 5.41) is 3.42. The Kier molecular flexibility index (Phi) is 5.17. The van der Waals surface area contributed by atoms with Gasteiger partial charge in [0.1, 0.15) is 0 Å².